The Labute approximate surface area is 111 Å². The lowest BCUT2D eigenvalue weighted by molar-refractivity contribution is -0.00930. The molecule has 1 fully saturated rings. The summed E-state index contributed by atoms with van der Waals surface area (Å²) in [7, 11) is 0. The summed E-state index contributed by atoms with van der Waals surface area (Å²) >= 11 is 3.55. The number of alkyl halides is 1. The van der Waals surface area contributed by atoms with Crippen molar-refractivity contribution in [1.82, 2.24) is 0 Å². The Morgan fingerprint density at radius 2 is 2.12 bits per heavy atom. The van der Waals surface area contributed by atoms with Crippen LogP contribution in [0.1, 0.15) is 24.8 Å². The molecule has 0 spiro atoms. The predicted octanol–water partition coefficient (Wildman–Crippen LogP) is 3.54. The fraction of sp³-hybridized carbons (Fsp3) is 0.571. The smallest absolute Gasteiger partial charge is 0.0801 e. The van der Waals surface area contributed by atoms with Gasteiger partial charge in [-0.2, -0.15) is 0 Å². The average Bonchev–Trinajstić information content (AvgIpc) is 2.85. The molecule has 2 nitrogen and oxygen atoms in total. The minimum absolute atomic E-state index is 0.0245. The van der Waals surface area contributed by atoms with Gasteiger partial charge in [0.15, 0.2) is 0 Å². The van der Waals surface area contributed by atoms with Crippen molar-refractivity contribution in [2.45, 2.75) is 31.5 Å². The number of hydrogen-bond acceptors (Lipinski definition) is 2. The summed E-state index contributed by atoms with van der Waals surface area (Å²) < 4.78 is 11.5. The largest absolute Gasteiger partial charge is 0.377 e. The van der Waals surface area contributed by atoms with Crippen LogP contribution in [0.4, 0.5) is 0 Å². The highest BCUT2D eigenvalue weighted by Crippen LogP contribution is 2.30. The quantitative estimate of drug-likeness (QED) is 0.591. The zero-order valence-electron chi connectivity index (χ0n) is 10.0. The van der Waals surface area contributed by atoms with Crippen molar-refractivity contribution < 1.29 is 9.47 Å². The Morgan fingerprint density at radius 3 is 2.76 bits per heavy atom. The van der Waals surface area contributed by atoms with E-state index >= 15 is 0 Å². The molecule has 0 saturated carbocycles. The summed E-state index contributed by atoms with van der Waals surface area (Å²) in [6.45, 7) is 2.35. The van der Waals surface area contributed by atoms with E-state index in [0.29, 0.717) is 6.61 Å². The van der Waals surface area contributed by atoms with E-state index in [1.54, 1.807) is 0 Å². The second-order valence-electron chi connectivity index (χ2n) is 4.56. The van der Waals surface area contributed by atoms with Crippen LogP contribution in [-0.4, -0.2) is 24.1 Å². The van der Waals surface area contributed by atoms with Crippen molar-refractivity contribution in [1.29, 1.82) is 0 Å². The third-order valence-corrected chi connectivity index (χ3v) is 4.26. The van der Waals surface area contributed by atoms with E-state index in [1.807, 2.05) is 18.2 Å². The first-order chi connectivity index (χ1) is 8.35. The van der Waals surface area contributed by atoms with Crippen molar-refractivity contribution in [2.24, 2.45) is 0 Å². The molecule has 1 heterocycles. The monoisotopic (exact) mass is 298 g/mol. The second-order valence-corrected chi connectivity index (χ2v) is 5.12. The molecular weight excluding hydrogens is 280 g/mol. The van der Waals surface area contributed by atoms with Gasteiger partial charge in [0.1, 0.15) is 0 Å². The fourth-order valence-corrected chi connectivity index (χ4v) is 2.87. The van der Waals surface area contributed by atoms with Gasteiger partial charge in [0, 0.05) is 25.0 Å². The normalized spacial score (nSPS) is 24.1. The first kappa shape index (κ1) is 13.1. The molecule has 1 aliphatic heterocycles. The van der Waals surface area contributed by atoms with E-state index in [-0.39, 0.29) is 5.60 Å². The maximum Gasteiger partial charge on any atom is 0.0801 e. The average molecular weight is 299 g/mol. The molecule has 0 radical (unpaired) electrons. The minimum Gasteiger partial charge on any atom is -0.377 e. The maximum absolute atomic E-state index is 5.82. The molecule has 1 unspecified atom stereocenters. The van der Waals surface area contributed by atoms with Gasteiger partial charge in [0.2, 0.25) is 0 Å². The van der Waals surface area contributed by atoms with Crippen LogP contribution < -0.4 is 0 Å². The molecule has 0 N–H and O–H groups in total. The van der Waals surface area contributed by atoms with E-state index in [9.17, 15) is 0 Å². The summed E-state index contributed by atoms with van der Waals surface area (Å²) in [5, 5.41) is 0.911. The van der Waals surface area contributed by atoms with E-state index < -0.39 is 0 Å². The minimum atomic E-state index is 0.0245. The highest BCUT2D eigenvalue weighted by molar-refractivity contribution is 9.09. The standard InChI is InChI=1S/C14H19BrO2/c15-12-14(7-4-9-17-14)8-10-16-11-13-5-2-1-3-6-13/h1-3,5-6H,4,7-12H2. The van der Waals surface area contributed by atoms with Crippen molar-refractivity contribution in [2.75, 3.05) is 18.5 Å². The van der Waals surface area contributed by atoms with Crippen LogP contribution in [0.3, 0.4) is 0 Å². The first-order valence-corrected chi connectivity index (χ1v) is 7.28. The molecule has 0 bridgehead atoms. The molecular formula is C14H19BrO2. The van der Waals surface area contributed by atoms with Crippen LogP contribution in [0.25, 0.3) is 0 Å². The number of halogens is 1. The van der Waals surface area contributed by atoms with Crippen LogP contribution >= 0.6 is 15.9 Å². The van der Waals surface area contributed by atoms with Gasteiger partial charge < -0.3 is 9.47 Å². The molecule has 17 heavy (non-hydrogen) atoms. The zero-order valence-corrected chi connectivity index (χ0v) is 11.6. The highest BCUT2D eigenvalue weighted by Gasteiger charge is 2.33. The van der Waals surface area contributed by atoms with Crippen molar-refractivity contribution in [3.05, 3.63) is 35.9 Å². The van der Waals surface area contributed by atoms with Crippen LogP contribution in [0, 0.1) is 0 Å². The Balaban J connectivity index is 1.69. The van der Waals surface area contributed by atoms with E-state index in [0.717, 1.165) is 31.4 Å². The van der Waals surface area contributed by atoms with Crippen LogP contribution in [0.2, 0.25) is 0 Å². The van der Waals surface area contributed by atoms with Crippen molar-refractivity contribution in [3.63, 3.8) is 0 Å². The Bertz CT molecular complexity index is 320. The lowest BCUT2D eigenvalue weighted by Gasteiger charge is -2.25. The first-order valence-electron chi connectivity index (χ1n) is 6.16. The molecule has 0 aliphatic carbocycles. The third kappa shape index (κ3) is 3.80. The topological polar surface area (TPSA) is 18.5 Å². The molecule has 0 amide bonds. The summed E-state index contributed by atoms with van der Waals surface area (Å²) in [5.41, 5.74) is 1.25. The van der Waals surface area contributed by atoms with Gasteiger partial charge in [-0.25, -0.2) is 0 Å². The molecule has 0 aromatic heterocycles. The predicted molar refractivity (Wildman–Crippen MR) is 72.4 cm³/mol. The molecule has 1 saturated heterocycles. The summed E-state index contributed by atoms with van der Waals surface area (Å²) in [4.78, 5) is 0. The second kappa shape index (κ2) is 6.53. The van der Waals surface area contributed by atoms with Gasteiger partial charge in [0.05, 0.1) is 12.2 Å². The summed E-state index contributed by atoms with van der Waals surface area (Å²) in [6.07, 6.45) is 3.29. The van der Waals surface area contributed by atoms with Crippen molar-refractivity contribution in [3.8, 4) is 0 Å². The molecule has 1 aromatic rings. The SMILES string of the molecule is BrCC1(CCOCc2ccccc2)CCCO1. The fourth-order valence-electron chi connectivity index (χ4n) is 2.15. The number of ether oxygens (including phenoxy) is 2. The van der Waals surface area contributed by atoms with Crippen LogP contribution in [-0.2, 0) is 16.1 Å². The number of rotatable bonds is 6. The Hall–Kier alpha value is -0.380. The van der Waals surface area contributed by atoms with Gasteiger partial charge in [-0.05, 0) is 18.4 Å². The lowest BCUT2D eigenvalue weighted by atomic mass is 9.99. The summed E-state index contributed by atoms with van der Waals surface area (Å²) in [6, 6.07) is 10.3. The van der Waals surface area contributed by atoms with Crippen LogP contribution in [0.5, 0.6) is 0 Å². The summed E-state index contributed by atoms with van der Waals surface area (Å²) in [5.74, 6) is 0. The Morgan fingerprint density at radius 1 is 1.29 bits per heavy atom. The number of hydrogen-bond donors (Lipinski definition) is 0. The molecule has 1 atom stereocenters. The van der Waals surface area contributed by atoms with Gasteiger partial charge in [-0.3, -0.25) is 0 Å². The van der Waals surface area contributed by atoms with E-state index in [2.05, 4.69) is 28.1 Å². The maximum atomic E-state index is 5.82. The molecule has 3 heteroatoms. The van der Waals surface area contributed by atoms with Gasteiger partial charge in [-0.15, -0.1) is 0 Å². The van der Waals surface area contributed by atoms with Crippen LogP contribution in [0.15, 0.2) is 30.3 Å². The molecule has 1 aromatic carbocycles. The zero-order chi connectivity index (χ0) is 12.0. The molecule has 94 valence electrons. The van der Waals surface area contributed by atoms with Gasteiger partial charge in [0.25, 0.3) is 0 Å². The van der Waals surface area contributed by atoms with E-state index in [4.69, 9.17) is 9.47 Å². The third-order valence-electron chi connectivity index (χ3n) is 3.24. The van der Waals surface area contributed by atoms with Gasteiger partial charge >= 0.3 is 0 Å². The van der Waals surface area contributed by atoms with Crippen molar-refractivity contribution >= 4 is 15.9 Å². The van der Waals surface area contributed by atoms with E-state index in [1.165, 1.54) is 12.0 Å². The lowest BCUT2D eigenvalue weighted by Crippen LogP contribution is -2.31. The molecule has 2 rings (SSSR count). The number of benzene rings is 1. The molecule has 1 aliphatic rings. The highest BCUT2D eigenvalue weighted by atomic mass is 79.9. The Kier molecular flexibility index (Phi) is 5.01. The van der Waals surface area contributed by atoms with Gasteiger partial charge in [-0.1, -0.05) is 46.3 Å².